The second kappa shape index (κ2) is 10.8. The molecule has 1 aromatic heterocycles. The Labute approximate surface area is 192 Å². The van der Waals surface area contributed by atoms with Crippen LogP contribution in [-0.4, -0.2) is 53.6 Å². The highest BCUT2D eigenvalue weighted by atomic mass is 16.5. The average Bonchev–Trinajstić information content (AvgIpc) is 3.34. The summed E-state index contributed by atoms with van der Waals surface area (Å²) in [5, 5.41) is 7.09. The number of rotatable bonds is 4. The maximum Gasteiger partial charge on any atom is 0.253 e. The van der Waals surface area contributed by atoms with Gasteiger partial charge in [0.05, 0.1) is 7.11 Å². The molecule has 1 unspecified atom stereocenters. The first-order valence-corrected chi connectivity index (χ1v) is 11.2. The van der Waals surface area contributed by atoms with E-state index in [-0.39, 0.29) is 24.2 Å². The number of hydrogen-bond donors (Lipinski definition) is 1. The van der Waals surface area contributed by atoms with Crippen molar-refractivity contribution in [3.05, 3.63) is 66.1 Å². The number of hydrogen-bond acceptors (Lipinski definition) is 6. The van der Waals surface area contributed by atoms with Gasteiger partial charge in [0.15, 0.2) is 0 Å². The molecular weight excluding hydrogens is 420 g/mol. The van der Waals surface area contributed by atoms with Gasteiger partial charge < -0.3 is 19.5 Å². The summed E-state index contributed by atoms with van der Waals surface area (Å²) in [6.07, 6.45) is 2.52. The van der Waals surface area contributed by atoms with Crippen LogP contribution in [0.5, 0.6) is 5.75 Å². The molecule has 1 aliphatic rings. The van der Waals surface area contributed by atoms with E-state index in [1.54, 1.807) is 36.3 Å². The highest BCUT2D eigenvalue weighted by molar-refractivity contribution is 5.94. The SMILES string of the molecule is COc1ccc(C(=O)N2CCCC(c3nc(-c4ccccc4)no3)CCNC(=O)CC2)cc1. The van der Waals surface area contributed by atoms with E-state index < -0.39 is 0 Å². The van der Waals surface area contributed by atoms with Gasteiger partial charge in [0.2, 0.25) is 17.6 Å². The van der Waals surface area contributed by atoms with E-state index >= 15 is 0 Å². The molecule has 0 radical (unpaired) electrons. The predicted molar refractivity (Wildman–Crippen MR) is 123 cm³/mol. The van der Waals surface area contributed by atoms with Gasteiger partial charge in [-0.15, -0.1) is 0 Å². The third kappa shape index (κ3) is 5.77. The minimum Gasteiger partial charge on any atom is -0.497 e. The van der Waals surface area contributed by atoms with Gasteiger partial charge in [-0.05, 0) is 43.5 Å². The molecule has 4 rings (SSSR count). The van der Waals surface area contributed by atoms with Crippen LogP contribution in [0.1, 0.15) is 47.8 Å². The Kier molecular flexibility index (Phi) is 7.34. The Morgan fingerprint density at radius 1 is 1.09 bits per heavy atom. The first-order chi connectivity index (χ1) is 16.1. The predicted octanol–water partition coefficient (Wildman–Crippen LogP) is 3.66. The van der Waals surface area contributed by atoms with Crippen molar-refractivity contribution in [2.24, 2.45) is 0 Å². The smallest absolute Gasteiger partial charge is 0.253 e. The van der Waals surface area contributed by atoms with E-state index in [0.29, 0.717) is 49.1 Å². The fourth-order valence-corrected chi connectivity index (χ4v) is 3.97. The molecule has 8 nitrogen and oxygen atoms in total. The summed E-state index contributed by atoms with van der Waals surface area (Å²) in [4.78, 5) is 31.7. The quantitative estimate of drug-likeness (QED) is 0.654. The van der Waals surface area contributed by atoms with E-state index in [1.807, 2.05) is 30.3 Å². The molecular formula is C25H28N4O4. The van der Waals surface area contributed by atoms with Gasteiger partial charge in [0, 0.05) is 43.1 Å². The van der Waals surface area contributed by atoms with Gasteiger partial charge in [-0.1, -0.05) is 35.5 Å². The lowest BCUT2D eigenvalue weighted by atomic mass is 9.99. The second-order valence-corrected chi connectivity index (χ2v) is 8.07. The number of carbonyl (C=O) groups excluding carboxylic acids is 2. The lowest BCUT2D eigenvalue weighted by Gasteiger charge is -2.23. The molecule has 1 saturated heterocycles. The van der Waals surface area contributed by atoms with Crippen LogP contribution in [0, 0.1) is 0 Å². The molecule has 33 heavy (non-hydrogen) atoms. The minimum atomic E-state index is -0.0922. The van der Waals surface area contributed by atoms with E-state index in [1.165, 1.54) is 0 Å². The van der Waals surface area contributed by atoms with Crippen molar-refractivity contribution in [1.82, 2.24) is 20.4 Å². The monoisotopic (exact) mass is 448 g/mol. The maximum absolute atomic E-state index is 13.1. The molecule has 172 valence electrons. The van der Waals surface area contributed by atoms with Crippen LogP contribution in [0.4, 0.5) is 0 Å². The van der Waals surface area contributed by atoms with Crippen LogP contribution in [-0.2, 0) is 4.79 Å². The number of carbonyl (C=O) groups is 2. The second-order valence-electron chi connectivity index (χ2n) is 8.07. The summed E-state index contributed by atoms with van der Waals surface area (Å²) in [7, 11) is 1.59. The van der Waals surface area contributed by atoms with Crippen LogP contribution in [0.2, 0.25) is 0 Å². The van der Waals surface area contributed by atoms with Crippen LogP contribution in [0.3, 0.4) is 0 Å². The zero-order valence-electron chi connectivity index (χ0n) is 18.7. The summed E-state index contributed by atoms with van der Waals surface area (Å²) < 4.78 is 10.8. The van der Waals surface area contributed by atoms with Crippen LogP contribution < -0.4 is 10.1 Å². The van der Waals surface area contributed by atoms with Crippen LogP contribution in [0.15, 0.2) is 59.1 Å². The fraction of sp³-hybridized carbons (Fsp3) is 0.360. The summed E-state index contributed by atoms with van der Waals surface area (Å²) in [5.41, 5.74) is 1.47. The van der Waals surface area contributed by atoms with Crippen LogP contribution in [0.25, 0.3) is 11.4 Å². The molecule has 1 atom stereocenters. The Hall–Kier alpha value is -3.68. The Balaban J connectivity index is 1.46. The molecule has 0 spiro atoms. The molecule has 8 heteroatoms. The van der Waals surface area contributed by atoms with Crippen molar-refractivity contribution in [3.63, 3.8) is 0 Å². The molecule has 2 amide bonds. The average molecular weight is 449 g/mol. The molecule has 0 bridgehead atoms. The van der Waals surface area contributed by atoms with Crippen molar-refractivity contribution in [2.75, 3.05) is 26.7 Å². The lowest BCUT2D eigenvalue weighted by molar-refractivity contribution is -0.121. The highest BCUT2D eigenvalue weighted by Crippen LogP contribution is 2.26. The number of amides is 2. The number of nitrogens with zero attached hydrogens (tertiary/aromatic N) is 3. The third-order valence-electron chi connectivity index (χ3n) is 5.85. The molecule has 3 aromatic rings. The summed E-state index contributed by atoms with van der Waals surface area (Å²) in [6, 6.07) is 16.7. The first-order valence-electron chi connectivity index (χ1n) is 11.2. The van der Waals surface area contributed by atoms with Crippen molar-refractivity contribution >= 4 is 11.8 Å². The molecule has 1 aliphatic heterocycles. The molecule has 2 heterocycles. The van der Waals surface area contributed by atoms with E-state index in [0.717, 1.165) is 18.4 Å². The lowest BCUT2D eigenvalue weighted by Crippen LogP contribution is -2.35. The zero-order chi connectivity index (χ0) is 23.0. The molecule has 1 N–H and O–H groups in total. The van der Waals surface area contributed by atoms with Gasteiger partial charge in [-0.3, -0.25) is 9.59 Å². The van der Waals surface area contributed by atoms with Crippen molar-refractivity contribution in [3.8, 4) is 17.1 Å². The largest absolute Gasteiger partial charge is 0.497 e. The van der Waals surface area contributed by atoms with E-state index in [2.05, 4.69) is 15.5 Å². The van der Waals surface area contributed by atoms with Crippen molar-refractivity contribution < 1.29 is 18.8 Å². The molecule has 1 fully saturated rings. The van der Waals surface area contributed by atoms with Gasteiger partial charge in [-0.25, -0.2) is 0 Å². The number of ether oxygens (including phenoxy) is 1. The summed E-state index contributed by atoms with van der Waals surface area (Å²) in [5.74, 6) is 1.66. The van der Waals surface area contributed by atoms with Crippen molar-refractivity contribution in [2.45, 2.75) is 31.6 Å². The maximum atomic E-state index is 13.1. The van der Waals surface area contributed by atoms with Crippen molar-refractivity contribution in [1.29, 1.82) is 0 Å². The number of benzene rings is 2. The number of methoxy groups -OCH3 is 1. The van der Waals surface area contributed by atoms with Gasteiger partial charge in [0.1, 0.15) is 5.75 Å². The fourth-order valence-electron chi connectivity index (χ4n) is 3.97. The van der Waals surface area contributed by atoms with Crippen LogP contribution >= 0.6 is 0 Å². The van der Waals surface area contributed by atoms with Gasteiger partial charge >= 0.3 is 0 Å². The van der Waals surface area contributed by atoms with Gasteiger partial charge in [-0.2, -0.15) is 4.98 Å². The Morgan fingerprint density at radius 2 is 1.88 bits per heavy atom. The first kappa shape index (κ1) is 22.5. The normalized spacial score (nSPS) is 17.7. The Morgan fingerprint density at radius 3 is 2.64 bits per heavy atom. The highest BCUT2D eigenvalue weighted by Gasteiger charge is 2.23. The summed E-state index contributed by atoms with van der Waals surface area (Å²) in [6.45, 7) is 1.45. The topological polar surface area (TPSA) is 97.6 Å². The summed E-state index contributed by atoms with van der Waals surface area (Å²) >= 11 is 0. The third-order valence-corrected chi connectivity index (χ3v) is 5.85. The molecule has 0 saturated carbocycles. The zero-order valence-corrected chi connectivity index (χ0v) is 18.7. The minimum absolute atomic E-state index is 0.00583. The number of nitrogens with one attached hydrogen (secondary N) is 1. The standard InChI is InChI=1S/C25H28N4O4/c1-32-21-11-9-20(10-12-21)25(31)29-16-5-8-19(13-15-26-22(30)14-17-29)24-27-23(28-33-24)18-6-3-2-4-7-18/h2-4,6-7,9-12,19H,5,8,13-17H2,1H3,(H,26,30). The Bertz CT molecular complexity index is 1070. The molecule has 0 aliphatic carbocycles. The van der Waals surface area contributed by atoms with E-state index in [4.69, 9.17) is 9.26 Å². The van der Waals surface area contributed by atoms with E-state index in [9.17, 15) is 9.59 Å². The number of aromatic nitrogens is 2. The van der Waals surface area contributed by atoms with Gasteiger partial charge in [0.25, 0.3) is 5.91 Å². The molecule has 2 aromatic carbocycles.